The Bertz CT molecular complexity index is 544. The molecule has 1 rings (SSSR count). The minimum Gasteiger partial charge on any atom is -0.497 e. The van der Waals surface area contributed by atoms with Crippen molar-refractivity contribution in [1.82, 2.24) is 0 Å². The van der Waals surface area contributed by atoms with Crippen LogP contribution in [0, 0.1) is 0 Å². The molecule has 116 valence electrons. The van der Waals surface area contributed by atoms with Crippen molar-refractivity contribution >= 4 is 22.7 Å². The minimum absolute atomic E-state index is 0.0627. The highest BCUT2D eigenvalue weighted by Crippen LogP contribution is 2.17. The number of rotatable bonds is 5. The highest BCUT2D eigenvalue weighted by molar-refractivity contribution is 7.85. The molecule has 0 fully saturated rings. The maximum atomic E-state index is 12.2. The number of ether oxygens (including phenoxy) is 2. The zero-order valence-electron chi connectivity index (χ0n) is 13.0. The molecule has 0 aromatic heterocycles. The second-order valence-electron chi connectivity index (χ2n) is 5.25. The van der Waals surface area contributed by atoms with Crippen LogP contribution in [0.4, 0.5) is 0 Å². The minimum atomic E-state index is -1.54. The predicted octanol–water partition coefficient (Wildman–Crippen LogP) is 2.51. The molecule has 0 spiro atoms. The van der Waals surface area contributed by atoms with Crippen LogP contribution in [0.3, 0.4) is 0 Å². The van der Waals surface area contributed by atoms with Gasteiger partial charge in [0.05, 0.1) is 18.5 Å². The van der Waals surface area contributed by atoms with Crippen molar-refractivity contribution in [2.45, 2.75) is 32.4 Å². The van der Waals surface area contributed by atoms with Crippen LogP contribution in [-0.4, -0.2) is 34.4 Å². The first-order chi connectivity index (χ1) is 9.79. The van der Waals surface area contributed by atoms with Crippen LogP contribution < -0.4 is 4.74 Å². The van der Waals surface area contributed by atoms with Gasteiger partial charge in [0.15, 0.2) is 5.71 Å². The molecule has 0 N–H and O–H groups in total. The zero-order valence-corrected chi connectivity index (χ0v) is 13.8. The summed E-state index contributed by atoms with van der Waals surface area (Å²) in [6.45, 7) is 7.33. The molecule has 1 aromatic carbocycles. The number of carbonyl (C=O) groups is 1. The molecule has 0 aliphatic rings. The van der Waals surface area contributed by atoms with E-state index in [0.717, 1.165) is 0 Å². The molecule has 0 radical (unpaired) electrons. The SMILES string of the molecule is CCOC(=O)/C(=N/[S@](=O)C(C)(C)C)c1ccc(OC)cc1. The predicted molar refractivity (Wildman–Crippen MR) is 84.1 cm³/mol. The fraction of sp³-hybridized carbons (Fsp3) is 0.467. The molecule has 0 saturated carbocycles. The molecule has 0 unspecified atom stereocenters. The standard InChI is InChI=1S/C15H21NO4S/c1-6-20-14(17)13(16-21(18)15(2,3)4)11-7-9-12(19-5)10-8-11/h7-10H,6H2,1-5H3/b16-13+/t21-/m1/s1. The average molecular weight is 311 g/mol. The summed E-state index contributed by atoms with van der Waals surface area (Å²) >= 11 is 0. The fourth-order valence-corrected chi connectivity index (χ4v) is 2.00. The van der Waals surface area contributed by atoms with Gasteiger partial charge in [-0.2, -0.15) is 4.40 Å². The fourth-order valence-electron chi connectivity index (χ4n) is 1.38. The molecular formula is C15H21NO4S. The first-order valence-corrected chi connectivity index (χ1v) is 7.72. The molecule has 0 amide bonds. The summed E-state index contributed by atoms with van der Waals surface area (Å²) in [5.74, 6) is 0.0826. The topological polar surface area (TPSA) is 65.0 Å². The first kappa shape index (κ1) is 17.4. The van der Waals surface area contributed by atoms with Gasteiger partial charge in [0.2, 0.25) is 0 Å². The smallest absolute Gasteiger partial charge is 0.358 e. The van der Waals surface area contributed by atoms with Crippen LogP contribution in [0.25, 0.3) is 0 Å². The molecular weight excluding hydrogens is 290 g/mol. The molecule has 0 aliphatic heterocycles. The lowest BCUT2D eigenvalue weighted by atomic mass is 10.1. The monoisotopic (exact) mass is 311 g/mol. The summed E-state index contributed by atoms with van der Waals surface area (Å²) < 4.78 is 25.8. The van der Waals surface area contributed by atoms with Gasteiger partial charge in [-0.05, 0) is 52.0 Å². The number of benzene rings is 1. The van der Waals surface area contributed by atoms with E-state index in [4.69, 9.17) is 9.47 Å². The molecule has 0 bridgehead atoms. The van der Waals surface area contributed by atoms with Crippen molar-refractivity contribution in [2.75, 3.05) is 13.7 Å². The third-order valence-corrected chi connectivity index (χ3v) is 3.93. The number of hydrogen-bond donors (Lipinski definition) is 0. The van der Waals surface area contributed by atoms with Crippen LogP contribution in [0.1, 0.15) is 33.3 Å². The van der Waals surface area contributed by atoms with Crippen LogP contribution >= 0.6 is 0 Å². The Kier molecular flexibility index (Phi) is 6.08. The summed E-state index contributed by atoms with van der Waals surface area (Å²) in [6, 6.07) is 6.80. The van der Waals surface area contributed by atoms with Gasteiger partial charge >= 0.3 is 5.97 Å². The van der Waals surface area contributed by atoms with Crippen molar-refractivity contribution in [2.24, 2.45) is 4.40 Å². The van der Waals surface area contributed by atoms with Crippen molar-refractivity contribution in [3.63, 3.8) is 0 Å². The third kappa shape index (κ3) is 4.97. The second-order valence-corrected chi connectivity index (χ2v) is 7.16. The zero-order chi connectivity index (χ0) is 16.0. The summed E-state index contributed by atoms with van der Waals surface area (Å²) in [5.41, 5.74) is 0.611. The second kappa shape index (κ2) is 7.36. The van der Waals surface area contributed by atoms with Crippen molar-refractivity contribution < 1.29 is 18.5 Å². The van der Waals surface area contributed by atoms with Crippen molar-refractivity contribution in [1.29, 1.82) is 0 Å². The molecule has 1 atom stereocenters. The van der Waals surface area contributed by atoms with Crippen molar-refractivity contribution in [3.05, 3.63) is 29.8 Å². The molecule has 5 nitrogen and oxygen atoms in total. The molecule has 0 saturated heterocycles. The number of methoxy groups -OCH3 is 1. The molecule has 6 heteroatoms. The summed E-state index contributed by atoms with van der Waals surface area (Å²) in [4.78, 5) is 12.0. The maximum Gasteiger partial charge on any atom is 0.358 e. The molecule has 1 aromatic rings. The Morgan fingerprint density at radius 2 is 1.81 bits per heavy atom. The van der Waals surface area contributed by atoms with E-state index in [1.807, 2.05) is 0 Å². The van der Waals surface area contributed by atoms with Crippen LogP contribution in [0.2, 0.25) is 0 Å². The van der Waals surface area contributed by atoms with Crippen LogP contribution in [-0.2, 0) is 20.5 Å². The summed E-state index contributed by atoms with van der Waals surface area (Å²) in [7, 11) is 0.0162. The lowest BCUT2D eigenvalue weighted by Crippen LogP contribution is -2.25. The first-order valence-electron chi connectivity index (χ1n) is 6.61. The van der Waals surface area contributed by atoms with Gasteiger partial charge in [-0.3, -0.25) is 0 Å². The van der Waals surface area contributed by atoms with Gasteiger partial charge in [-0.15, -0.1) is 0 Å². The van der Waals surface area contributed by atoms with E-state index in [2.05, 4.69) is 4.40 Å². The number of hydrogen-bond acceptors (Lipinski definition) is 4. The van der Waals surface area contributed by atoms with Gasteiger partial charge in [0.25, 0.3) is 0 Å². The summed E-state index contributed by atoms with van der Waals surface area (Å²) in [5, 5.41) is 0. The highest BCUT2D eigenvalue weighted by Gasteiger charge is 2.23. The van der Waals surface area contributed by atoms with E-state index >= 15 is 0 Å². The van der Waals surface area contributed by atoms with Gasteiger partial charge < -0.3 is 9.47 Å². The number of carbonyl (C=O) groups excluding carboxylic acids is 1. The Labute approximate surface area is 128 Å². The third-order valence-electron chi connectivity index (χ3n) is 2.53. The average Bonchev–Trinajstić information content (AvgIpc) is 2.43. The van der Waals surface area contributed by atoms with E-state index in [1.54, 1.807) is 59.1 Å². The van der Waals surface area contributed by atoms with E-state index in [1.165, 1.54) is 0 Å². The highest BCUT2D eigenvalue weighted by atomic mass is 32.2. The van der Waals surface area contributed by atoms with Crippen LogP contribution in [0.5, 0.6) is 5.75 Å². The molecule has 21 heavy (non-hydrogen) atoms. The van der Waals surface area contributed by atoms with Crippen LogP contribution in [0.15, 0.2) is 28.7 Å². The van der Waals surface area contributed by atoms with E-state index in [0.29, 0.717) is 11.3 Å². The van der Waals surface area contributed by atoms with E-state index in [-0.39, 0.29) is 12.3 Å². The normalized spacial score (nSPS) is 13.7. The Morgan fingerprint density at radius 1 is 1.24 bits per heavy atom. The largest absolute Gasteiger partial charge is 0.497 e. The Hall–Kier alpha value is -1.69. The quantitative estimate of drug-likeness (QED) is 0.619. The van der Waals surface area contributed by atoms with E-state index < -0.39 is 21.7 Å². The van der Waals surface area contributed by atoms with Gasteiger partial charge in [-0.25, -0.2) is 9.00 Å². The lowest BCUT2D eigenvalue weighted by Gasteiger charge is -2.15. The van der Waals surface area contributed by atoms with Crippen molar-refractivity contribution in [3.8, 4) is 5.75 Å². The molecule has 0 heterocycles. The summed E-state index contributed by atoms with van der Waals surface area (Å²) in [6.07, 6.45) is 0. The number of nitrogens with zero attached hydrogens (tertiary/aromatic N) is 1. The maximum absolute atomic E-state index is 12.2. The van der Waals surface area contributed by atoms with Gasteiger partial charge in [-0.1, -0.05) is 0 Å². The Balaban J connectivity index is 3.21. The Morgan fingerprint density at radius 3 is 2.24 bits per heavy atom. The van der Waals surface area contributed by atoms with Gasteiger partial charge in [0.1, 0.15) is 16.7 Å². The molecule has 0 aliphatic carbocycles. The van der Waals surface area contributed by atoms with E-state index in [9.17, 15) is 9.00 Å². The van der Waals surface area contributed by atoms with Gasteiger partial charge in [0, 0.05) is 5.56 Å². The lowest BCUT2D eigenvalue weighted by molar-refractivity contribution is -0.134. The number of esters is 1.